The molecule has 80 valence electrons. The van der Waals surface area contributed by atoms with Gasteiger partial charge in [-0.3, -0.25) is 10.1 Å². The van der Waals surface area contributed by atoms with E-state index in [1.165, 1.54) is 12.1 Å². The number of aromatic hydroxyl groups is 1. The molecular formula is C10H12N2O3. The van der Waals surface area contributed by atoms with E-state index in [1.807, 2.05) is 6.92 Å². The second-order valence-corrected chi connectivity index (χ2v) is 3.22. The van der Waals surface area contributed by atoms with E-state index in [2.05, 4.69) is 0 Å². The van der Waals surface area contributed by atoms with Crippen molar-refractivity contribution in [3.05, 3.63) is 40.0 Å². The molecule has 0 saturated heterocycles. The van der Waals surface area contributed by atoms with Gasteiger partial charge in [0.15, 0.2) is 5.75 Å². The van der Waals surface area contributed by atoms with Gasteiger partial charge in [-0.25, -0.2) is 0 Å². The van der Waals surface area contributed by atoms with Gasteiger partial charge in [0.1, 0.15) is 0 Å². The third kappa shape index (κ3) is 3.07. The summed E-state index contributed by atoms with van der Waals surface area (Å²) in [6.07, 6.45) is 3.44. The molecule has 0 aliphatic rings. The zero-order valence-corrected chi connectivity index (χ0v) is 8.25. The molecule has 1 rings (SSSR count). The lowest BCUT2D eigenvalue weighted by atomic mass is 10.1. The standard InChI is InChI=1S/C10H12N2O3/c1-7(11)2-3-8-4-5-9(12(14)15)10(13)6-8/h2-7,13H,11H2,1H3/b3-2+. The van der Waals surface area contributed by atoms with Crippen LogP contribution < -0.4 is 5.73 Å². The highest BCUT2D eigenvalue weighted by molar-refractivity contribution is 5.57. The van der Waals surface area contributed by atoms with Gasteiger partial charge in [-0.05, 0) is 24.6 Å². The number of nitro groups is 1. The van der Waals surface area contributed by atoms with Crippen LogP contribution in [0.2, 0.25) is 0 Å². The van der Waals surface area contributed by atoms with Crippen LogP contribution in [0.15, 0.2) is 24.3 Å². The monoisotopic (exact) mass is 208 g/mol. The lowest BCUT2D eigenvalue weighted by Gasteiger charge is -1.98. The van der Waals surface area contributed by atoms with E-state index >= 15 is 0 Å². The molecule has 1 unspecified atom stereocenters. The third-order valence-electron chi connectivity index (χ3n) is 1.79. The second-order valence-electron chi connectivity index (χ2n) is 3.22. The first-order chi connectivity index (χ1) is 7.00. The molecule has 0 aromatic heterocycles. The SMILES string of the molecule is CC(N)/C=C/c1ccc([N+](=O)[O-])c(O)c1. The fourth-order valence-electron chi connectivity index (χ4n) is 1.06. The van der Waals surface area contributed by atoms with Crippen molar-refractivity contribution in [3.8, 4) is 5.75 Å². The Balaban J connectivity index is 2.97. The quantitative estimate of drug-likeness (QED) is 0.584. The molecule has 0 radical (unpaired) electrons. The number of phenolic OH excluding ortho intramolecular Hbond substituents is 1. The normalized spacial score (nSPS) is 12.9. The van der Waals surface area contributed by atoms with Crippen molar-refractivity contribution in [2.75, 3.05) is 0 Å². The van der Waals surface area contributed by atoms with E-state index in [-0.39, 0.29) is 17.5 Å². The fourth-order valence-corrected chi connectivity index (χ4v) is 1.06. The molecule has 0 aliphatic heterocycles. The summed E-state index contributed by atoms with van der Waals surface area (Å²) in [5, 5.41) is 19.7. The van der Waals surface area contributed by atoms with Gasteiger partial charge in [-0.15, -0.1) is 0 Å². The smallest absolute Gasteiger partial charge is 0.310 e. The molecule has 0 spiro atoms. The first-order valence-electron chi connectivity index (χ1n) is 4.42. The Kier molecular flexibility index (Phi) is 3.41. The molecule has 5 heteroatoms. The van der Waals surface area contributed by atoms with Crippen LogP contribution in [-0.2, 0) is 0 Å². The van der Waals surface area contributed by atoms with Gasteiger partial charge >= 0.3 is 5.69 Å². The van der Waals surface area contributed by atoms with E-state index < -0.39 is 4.92 Å². The highest BCUT2D eigenvalue weighted by Gasteiger charge is 2.11. The van der Waals surface area contributed by atoms with E-state index in [0.29, 0.717) is 5.56 Å². The van der Waals surface area contributed by atoms with Crippen LogP contribution in [0.4, 0.5) is 5.69 Å². The van der Waals surface area contributed by atoms with Crippen LogP contribution >= 0.6 is 0 Å². The molecular weight excluding hydrogens is 196 g/mol. The predicted molar refractivity (Wildman–Crippen MR) is 57.4 cm³/mol. The Hall–Kier alpha value is -1.88. The number of benzene rings is 1. The van der Waals surface area contributed by atoms with Gasteiger partial charge in [0.05, 0.1) is 4.92 Å². The lowest BCUT2D eigenvalue weighted by molar-refractivity contribution is -0.385. The molecule has 3 N–H and O–H groups in total. The molecule has 0 bridgehead atoms. The summed E-state index contributed by atoms with van der Waals surface area (Å²) in [5.74, 6) is -0.341. The van der Waals surface area contributed by atoms with E-state index in [4.69, 9.17) is 5.73 Å². The van der Waals surface area contributed by atoms with Crippen molar-refractivity contribution in [3.63, 3.8) is 0 Å². The van der Waals surface area contributed by atoms with Crippen molar-refractivity contribution in [1.82, 2.24) is 0 Å². The summed E-state index contributed by atoms with van der Waals surface area (Å²) >= 11 is 0. The maximum Gasteiger partial charge on any atom is 0.310 e. The third-order valence-corrected chi connectivity index (χ3v) is 1.79. The minimum Gasteiger partial charge on any atom is -0.502 e. The van der Waals surface area contributed by atoms with Crippen molar-refractivity contribution in [2.45, 2.75) is 13.0 Å². The second kappa shape index (κ2) is 4.56. The predicted octanol–water partition coefficient (Wildman–Crippen LogP) is 1.66. The van der Waals surface area contributed by atoms with Crippen molar-refractivity contribution >= 4 is 11.8 Å². The topological polar surface area (TPSA) is 89.4 Å². The highest BCUT2D eigenvalue weighted by atomic mass is 16.6. The summed E-state index contributed by atoms with van der Waals surface area (Å²) in [6, 6.07) is 4.05. The molecule has 0 heterocycles. The van der Waals surface area contributed by atoms with Crippen LogP contribution in [-0.4, -0.2) is 16.1 Å². The zero-order chi connectivity index (χ0) is 11.4. The number of nitrogens with two attached hydrogens (primary N) is 1. The number of hydrogen-bond donors (Lipinski definition) is 2. The van der Waals surface area contributed by atoms with Crippen LogP contribution in [0, 0.1) is 10.1 Å². The first kappa shape index (κ1) is 11.2. The van der Waals surface area contributed by atoms with Crippen LogP contribution in [0.25, 0.3) is 6.08 Å². The summed E-state index contributed by atoms with van der Waals surface area (Å²) in [4.78, 5) is 9.78. The van der Waals surface area contributed by atoms with Gasteiger partial charge < -0.3 is 10.8 Å². The molecule has 5 nitrogen and oxygen atoms in total. The fraction of sp³-hybridized carbons (Fsp3) is 0.200. The number of phenols is 1. The summed E-state index contributed by atoms with van der Waals surface area (Å²) in [5.41, 5.74) is 5.88. The average molecular weight is 208 g/mol. The van der Waals surface area contributed by atoms with E-state index in [1.54, 1.807) is 18.2 Å². The summed E-state index contributed by atoms with van der Waals surface area (Å²) in [7, 11) is 0. The molecule has 0 fully saturated rings. The largest absolute Gasteiger partial charge is 0.502 e. The lowest BCUT2D eigenvalue weighted by Crippen LogP contribution is -2.09. The van der Waals surface area contributed by atoms with E-state index in [9.17, 15) is 15.2 Å². The minimum absolute atomic E-state index is 0.0951. The Labute approximate surface area is 87.0 Å². The van der Waals surface area contributed by atoms with E-state index in [0.717, 1.165) is 0 Å². The van der Waals surface area contributed by atoms with Gasteiger partial charge in [0.2, 0.25) is 0 Å². The van der Waals surface area contributed by atoms with Crippen molar-refractivity contribution in [2.24, 2.45) is 5.73 Å². The molecule has 0 amide bonds. The average Bonchev–Trinajstić information content (AvgIpc) is 2.14. The van der Waals surface area contributed by atoms with Gasteiger partial charge in [-0.2, -0.15) is 0 Å². The molecule has 0 saturated carbocycles. The zero-order valence-electron chi connectivity index (χ0n) is 8.25. The van der Waals surface area contributed by atoms with Crippen LogP contribution in [0.5, 0.6) is 5.75 Å². The first-order valence-corrected chi connectivity index (χ1v) is 4.42. The number of hydrogen-bond acceptors (Lipinski definition) is 4. The number of rotatable bonds is 3. The molecule has 1 atom stereocenters. The van der Waals surface area contributed by atoms with Gasteiger partial charge in [0.25, 0.3) is 0 Å². The maximum atomic E-state index is 10.4. The number of nitrogens with zero attached hydrogens (tertiary/aromatic N) is 1. The highest BCUT2D eigenvalue weighted by Crippen LogP contribution is 2.26. The Morgan fingerprint density at radius 3 is 2.73 bits per heavy atom. The molecule has 0 aliphatic carbocycles. The Morgan fingerprint density at radius 2 is 2.27 bits per heavy atom. The van der Waals surface area contributed by atoms with Crippen molar-refractivity contribution < 1.29 is 10.0 Å². The van der Waals surface area contributed by atoms with Gasteiger partial charge in [-0.1, -0.05) is 12.2 Å². The van der Waals surface area contributed by atoms with Crippen LogP contribution in [0.3, 0.4) is 0 Å². The Bertz CT molecular complexity index is 400. The maximum absolute atomic E-state index is 10.4. The van der Waals surface area contributed by atoms with Crippen molar-refractivity contribution in [1.29, 1.82) is 0 Å². The molecule has 1 aromatic carbocycles. The number of nitro benzene ring substituents is 1. The Morgan fingerprint density at radius 1 is 1.60 bits per heavy atom. The van der Waals surface area contributed by atoms with Crippen LogP contribution in [0.1, 0.15) is 12.5 Å². The summed E-state index contributed by atoms with van der Waals surface area (Å²) < 4.78 is 0. The molecule has 1 aromatic rings. The molecule has 15 heavy (non-hydrogen) atoms. The minimum atomic E-state index is -0.631. The summed E-state index contributed by atoms with van der Waals surface area (Å²) in [6.45, 7) is 1.81. The van der Waals surface area contributed by atoms with Gasteiger partial charge in [0, 0.05) is 12.1 Å².